The van der Waals surface area contributed by atoms with Gasteiger partial charge in [0.2, 0.25) is 0 Å². The van der Waals surface area contributed by atoms with Gasteiger partial charge in [0, 0.05) is 16.3 Å². The lowest BCUT2D eigenvalue weighted by atomic mass is 9.82. The van der Waals surface area contributed by atoms with Gasteiger partial charge in [0.25, 0.3) is 0 Å². The van der Waals surface area contributed by atoms with Crippen molar-refractivity contribution in [3.8, 4) is 0 Å². The monoisotopic (exact) mass is 267 g/mol. The van der Waals surface area contributed by atoms with E-state index in [0.717, 1.165) is 25.0 Å². The second-order valence-corrected chi connectivity index (χ2v) is 7.00. The summed E-state index contributed by atoms with van der Waals surface area (Å²) in [7, 11) is 1.99. The lowest BCUT2D eigenvalue weighted by Gasteiger charge is -2.31. The van der Waals surface area contributed by atoms with Gasteiger partial charge in [0.1, 0.15) is 0 Å². The van der Waals surface area contributed by atoms with Gasteiger partial charge in [-0.1, -0.05) is 13.8 Å². The summed E-state index contributed by atoms with van der Waals surface area (Å²) < 4.78 is 6.09. The maximum atomic E-state index is 6.09. The number of thiophene rings is 1. The minimum atomic E-state index is 0.471. The molecule has 2 nitrogen and oxygen atoms in total. The number of nitrogens with one attached hydrogen (secondary N) is 1. The van der Waals surface area contributed by atoms with Crippen LogP contribution in [-0.2, 0) is 17.9 Å². The predicted molar refractivity (Wildman–Crippen MR) is 77.8 cm³/mol. The van der Waals surface area contributed by atoms with E-state index in [0.29, 0.717) is 6.10 Å². The van der Waals surface area contributed by atoms with Gasteiger partial charge < -0.3 is 10.1 Å². The van der Waals surface area contributed by atoms with Gasteiger partial charge in [0.05, 0.1) is 12.7 Å². The van der Waals surface area contributed by atoms with Crippen LogP contribution in [0.15, 0.2) is 12.1 Å². The average molecular weight is 267 g/mol. The molecule has 1 aliphatic carbocycles. The molecule has 0 amide bonds. The third-order valence-electron chi connectivity index (χ3n) is 3.66. The predicted octanol–water partition coefficient (Wildman–Crippen LogP) is 3.81. The van der Waals surface area contributed by atoms with Crippen molar-refractivity contribution in [2.24, 2.45) is 11.8 Å². The van der Waals surface area contributed by atoms with Gasteiger partial charge in [-0.25, -0.2) is 0 Å². The fourth-order valence-corrected chi connectivity index (χ4v) is 3.93. The van der Waals surface area contributed by atoms with E-state index in [2.05, 4.69) is 31.3 Å². The van der Waals surface area contributed by atoms with E-state index in [-0.39, 0.29) is 0 Å². The van der Waals surface area contributed by atoms with Crippen LogP contribution in [0.4, 0.5) is 0 Å². The Hall–Kier alpha value is -0.380. The molecule has 2 rings (SSSR count). The Morgan fingerprint density at radius 2 is 1.83 bits per heavy atom. The Morgan fingerprint density at radius 3 is 2.50 bits per heavy atom. The summed E-state index contributed by atoms with van der Waals surface area (Å²) in [5.41, 5.74) is 0. The standard InChI is InChI=1S/C15H25NOS/c1-11-6-12(2)8-13(7-11)17-10-15-5-4-14(18-15)9-16-3/h4-5,11-13,16H,6-10H2,1-3H3. The molecule has 1 N–H and O–H groups in total. The molecule has 2 atom stereocenters. The lowest BCUT2D eigenvalue weighted by molar-refractivity contribution is -0.00803. The summed E-state index contributed by atoms with van der Waals surface area (Å²) in [6.45, 7) is 6.45. The van der Waals surface area contributed by atoms with Crippen LogP contribution in [0.5, 0.6) is 0 Å². The van der Waals surface area contributed by atoms with Crippen LogP contribution in [0.3, 0.4) is 0 Å². The molecule has 1 aromatic heterocycles. The summed E-state index contributed by atoms with van der Waals surface area (Å²) in [4.78, 5) is 2.74. The molecular weight excluding hydrogens is 242 g/mol. The van der Waals surface area contributed by atoms with E-state index in [1.54, 1.807) is 0 Å². The maximum Gasteiger partial charge on any atom is 0.0813 e. The minimum absolute atomic E-state index is 0.471. The Balaban J connectivity index is 1.79. The molecule has 0 aromatic carbocycles. The first-order valence-corrected chi connectivity index (χ1v) is 7.82. The Labute approximate surface area is 115 Å². The fourth-order valence-electron chi connectivity index (χ4n) is 2.98. The van der Waals surface area contributed by atoms with Crippen LogP contribution >= 0.6 is 11.3 Å². The van der Waals surface area contributed by atoms with E-state index in [9.17, 15) is 0 Å². The number of rotatable bonds is 5. The second-order valence-electron chi connectivity index (χ2n) is 5.75. The zero-order chi connectivity index (χ0) is 13.0. The molecule has 0 bridgehead atoms. The topological polar surface area (TPSA) is 21.3 Å². The highest BCUT2D eigenvalue weighted by molar-refractivity contribution is 7.11. The van der Waals surface area contributed by atoms with Crippen LogP contribution in [0.1, 0.15) is 42.9 Å². The summed E-state index contributed by atoms with van der Waals surface area (Å²) in [5.74, 6) is 1.64. The van der Waals surface area contributed by atoms with Crippen LogP contribution in [0.25, 0.3) is 0 Å². The Morgan fingerprint density at radius 1 is 1.17 bits per heavy atom. The normalized spacial score (nSPS) is 28.5. The van der Waals surface area contributed by atoms with E-state index >= 15 is 0 Å². The highest BCUT2D eigenvalue weighted by atomic mass is 32.1. The molecule has 102 valence electrons. The largest absolute Gasteiger partial charge is 0.373 e. The van der Waals surface area contributed by atoms with E-state index < -0.39 is 0 Å². The Bertz CT molecular complexity index is 353. The van der Waals surface area contributed by atoms with Gasteiger partial charge in [-0.15, -0.1) is 11.3 Å². The fraction of sp³-hybridized carbons (Fsp3) is 0.733. The van der Waals surface area contributed by atoms with Crippen LogP contribution in [-0.4, -0.2) is 13.2 Å². The van der Waals surface area contributed by atoms with Crippen molar-refractivity contribution < 1.29 is 4.74 Å². The molecule has 18 heavy (non-hydrogen) atoms. The van der Waals surface area contributed by atoms with Gasteiger partial charge in [-0.3, -0.25) is 0 Å². The molecule has 0 spiro atoms. The van der Waals surface area contributed by atoms with Crippen molar-refractivity contribution >= 4 is 11.3 Å². The van der Waals surface area contributed by atoms with Crippen molar-refractivity contribution in [3.05, 3.63) is 21.9 Å². The highest BCUT2D eigenvalue weighted by Crippen LogP contribution is 2.31. The van der Waals surface area contributed by atoms with Gasteiger partial charge in [-0.05, 0) is 50.3 Å². The molecule has 1 aliphatic rings. The summed E-state index contributed by atoms with van der Waals surface area (Å²) in [5, 5.41) is 3.18. The third-order valence-corrected chi connectivity index (χ3v) is 4.72. The molecule has 0 saturated heterocycles. The van der Waals surface area contributed by atoms with Crippen molar-refractivity contribution in [2.45, 2.75) is 52.4 Å². The van der Waals surface area contributed by atoms with E-state index in [1.807, 2.05) is 18.4 Å². The molecule has 1 aromatic rings. The van der Waals surface area contributed by atoms with Crippen molar-refractivity contribution in [2.75, 3.05) is 7.05 Å². The first-order valence-electron chi connectivity index (χ1n) is 7.01. The summed E-state index contributed by atoms with van der Waals surface area (Å²) >= 11 is 1.86. The molecule has 0 aliphatic heterocycles. The van der Waals surface area contributed by atoms with Gasteiger partial charge >= 0.3 is 0 Å². The number of hydrogen-bond donors (Lipinski definition) is 1. The third kappa shape index (κ3) is 4.08. The minimum Gasteiger partial charge on any atom is -0.373 e. The summed E-state index contributed by atoms with van der Waals surface area (Å²) in [6, 6.07) is 4.40. The van der Waals surface area contributed by atoms with Crippen LogP contribution in [0, 0.1) is 11.8 Å². The first-order chi connectivity index (χ1) is 8.67. The molecule has 1 saturated carbocycles. The van der Waals surface area contributed by atoms with Crippen LogP contribution in [0.2, 0.25) is 0 Å². The molecule has 1 fully saturated rings. The zero-order valence-electron chi connectivity index (χ0n) is 11.7. The number of hydrogen-bond acceptors (Lipinski definition) is 3. The number of ether oxygens (including phenoxy) is 1. The smallest absolute Gasteiger partial charge is 0.0813 e. The molecule has 2 unspecified atom stereocenters. The van der Waals surface area contributed by atoms with Crippen molar-refractivity contribution in [1.29, 1.82) is 0 Å². The van der Waals surface area contributed by atoms with Gasteiger partial charge in [0.15, 0.2) is 0 Å². The maximum absolute atomic E-state index is 6.09. The Kier molecular flexibility index (Phi) is 5.22. The second kappa shape index (κ2) is 6.69. The van der Waals surface area contributed by atoms with Gasteiger partial charge in [-0.2, -0.15) is 0 Å². The summed E-state index contributed by atoms with van der Waals surface area (Å²) in [6.07, 6.45) is 4.31. The SMILES string of the molecule is CNCc1ccc(COC2CC(C)CC(C)C2)s1. The van der Waals surface area contributed by atoms with Crippen LogP contribution < -0.4 is 5.32 Å². The highest BCUT2D eigenvalue weighted by Gasteiger charge is 2.24. The molecule has 1 heterocycles. The molecule has 0 radical (unpaired) electrons. The van der Waals surface area contributed by atoms with Crippen molar-refractivity contribution in [1.82, 2.24) is 5.32 Å². The quantitative estimate of drug-likeness (QED) is 0.876. The lowest BCUT2D eigenvalue weighted by Crippen LogP contribution is -2.26. The molecular formula is C15H25NOS. The van der Waals surface area contributed by atoms with E-state index in [4.69, 9.17) is 4.74 Å². The average Bonchev–Trinajstić information content (AvgIpc) is 2.74. The first kappa shape index (κ1) is 14.0. The molecule has 3 heteroatoms. The van der Waals surface area contributed by atoms with Crippen molar-refractivity contribution in [3.63, 3.8) is 0 Å². The zero-order valence-corrected chi connectivity index (χ0v) is 12.6. The van der Waals surface area contributed by atoms with E-state index in [1.165, 1.54) is 29.0 Å².